The summed E-state index contributed by atoms with van der Waals surface area (Å²) in [5.74, 6) is 1.21. The largest absolute Gasteiger partial charge is 0.376 e. The first kappa shape index (κ1) is 22.6. The van der Waals surface area contributed by atoms with Crippen LogP contribution in [0.5, 0.6) is 0 Å². The normalized spacial score (nSPS) is 12.5. The molecule has 3 aromatic rings. The van der Waals surface area contributed by atoms with E-state index in [4.69, 9.17) is 9.73 Å². The van der Waals surface area contributed by atoms with Gasteiger partial charge < -0.3 is 19.9 Å². The van der Waals surface area contributed by atoms with Crippen molar-refractivity contribution in [1.82, 2.24) is 20.2 Å². The van der Waals surface area contributed by atoms with Gasteiger partial charge in [0.2, 0.25) is 0 Å². The second-order valence-corrected chi connectivity index (χ2v) is 7.74. The van der Waals surface area contributed by atoms with Gasteiger partial charge in [0.25, 0.3) is 0 Å². The molecule has 1 unspecified atom stereocenters. The van der Waals surface area contributed by atoms with Crippen molar-refractivity contribution in [2.24, 2.45) is 10.9 Å². The zero-order valence-corrected chi connectivity index (χ0v) is 18.5. The third-order valence-corrected chi connectivity index (χ3v) is 4.81. The number of aromatic nitrogens is 2. The summed E-state index contributed by atoms with van der Waals surface area (Å²) in [6, 6.07) is 18.8. The molecule has 1 aromatic heterocycles. The lowest BCUT2D eigenvalue weighted by Gasteiger charge is -2.16. The number of nitrogens with one attached hydrogen (secondary N) is 2. The molecule has 0 aliphatic rings. The van der Waals surface area contributed by atoms with Crippen LogP contribution in [0, 0.1) is 5.92 Å². The SMILES string of the molecule is CCNC(=NCc1cccc(Cn2ccnc2)c1)NCC(C)COCc1ccccc1. The number of nitrogens with zero attached hydrogens (tertiary/aromatic N) is 3. The standard InChI is InChI=1S/C25H33N5O/c1-3-27-25(28-15-21(2)18-31-19-22-8-5-4-6-9-22)29-16-23-10-7-11-24(14-23)17-30-13-12-26-20-30/h4-14,20-21H,3,15-19H2,1-2H3,(H2,27,28,29). The fourth-order valence-electron chi connectivity index (χ4n) is 3.21. The molecule has 1 heterocycles. The Morgan fingerprint density at radius 2 is 1.87 bits per heavy atom. The van der Waals surface area contributed by atoms with E-state index in [0.29, 0.717) is 25.7 Å². The van der Waals surface area contributed by atoms with Crippen molar-refractivity contribution in [1.29, 1.82) is 0 Å². The van der Waals surface area contributed by atoms with E-state index in [1.807, 2.05) is 30.7 Å². The average Bonchev–Trinajstić information content (AvgIpc) is 3.30. The van der Waals surface area contributed by atoms with Gasteiger partial charge in [-0.3, -0.25) is 0 Å². The third-order valence-electron chi connectivity index (χ3n) is 4.81. The van der Waals surface area contributed by atoms with Gasteiger partial charge in [-0.15, -0.1) is 0 Å². The quantitative estimate of drug-likeness (QED) is 0.366. The van der Waals surface area contributed by atoms with E-state index in [-0.39, 0.29) is 0 Å². The van der Waals surface area contributed by atoms with Crippen LogP contribution in [0.25, 0.3) is 0 Å². The molecule has 2 aromatic carbocycles. The lowest BCUT2D eigenvalue weighted by atomic mass is 10.1. The van der Waals surface area contributed by atoms with Crippen molar-refractivity contribution < 1.29 is 4.74 Å². The average molecular weight is 420 g/mol. The summed E-state index contributed by atoms with van der Waals surface area (Å²) in [6.45, 7) is 8.69. The first-order chi connectivity index (χ1) is 15.2. The van der Waals surface area contributed by atoms with Crippen LogP contribution in [0.4, 0.5) is 0 Å². The molecule has 164 valence electrons. The summed E-state index contributed by atoms with van der Waals surface area (Å²) in [4.78, 5) is 8.86. The smallest absolute Gasteiger partial charge is 0.191 e. The number of hydrogen-bond acceptors (Lipinski definition) is 3. The summed E-state index contributed by atoms with van der Waals surface area (Å²) in [6.07, 6.45) is 5.61. The topological polar surface area (TPSA) is 63.5 Å². The second kappa shape index (κ2) is 12.5. The summed E-state index contributed by atoms with van der Waals surface area (Å²) >= 11 is 0. The van der Waals surface area contributed by atoms with Gasteiger partial charge in [-0.1, -0.05) is 61.5 Å². The predicted molar refractivity (Wildman–Crippen MR) is 126 cm³/mol. The number of ether oxygens (including phenoxy) is 1. The van der Waals surface area contributed by atoms with Gasteiger partial charge in [0.1, 0.15) is 0 Å². The van der Waals surface area contributed by atoms with Crippen LogP contribution in [0.1, 0.15) is 30.5 Å². The molecule has 3 rings (SSSR count). The molecule has 6 heteroatoms. The van der Waals surface area contributed by atoms with E-state index in [1.165, 1.54) is 16.7 Å². The van der Waals surface area contributed by atoms with Crippen molar-refractivity contribution in [3.8, 4) is 0 Å². The summed E-state index contributed by atoms with van der Waals surface area (Å²) in [5, 5.41) is 6.76. The molecule has 1 atom stereocenters. The van der Waals surface area contributed by atoms with Gasteiger partial charge in [-0.05, 0) is 29.5 Å². The fourth-order valence-corrected chi connectivity index (χ4v) is 3.21. The molecular weight excluding hydrogens is 386 g/mol. The molecule has 0 saturated carbocycles. The van der Waals surface area contributed by atoms with Crippen LogP contribution in [-0.4, -0.2) is 35.2 Å². The summed E-state index contributed by atoms with van der Waals surface area (Å²) in [7, 11) is 0. The van der Waals surface area contributed by atoms with Crippen LogP contribution >= 0.6 is 0 Å². The second-order valence-electron chi connectivity index (χ2n) is 7.74. The zero-order chi connectivity index (χ0) is 21.7. The Morgan fingerprint density at radius 1 is 1.06 bits per heavy atom. The highest BCUT2D eigenvalue weighted by atomic mass is 16.5. The first-order valence-electron chi connectivity index (χ1n) is 10.9. The Kier molecular flexibility index (Phi) is 9.13. The fraction of sp³-hybridized carbons (Fsp3) is 0.360. The maximum absolute atomic E-state index is 5.85. The number of aliphatic imine (C=N–C) groups is 1. The van der Waals surface area contributed by atoms with Crippen molar-refractivity contribution in [2.75, 3.05) is 19.7 Å². The summed E-state index contributed by atoms with van der Waals surface area (Å²) < 4.78 is 7.92. The highest BCUT2D eigenvalue weighted by molar-refractivity contribution is 5.79. The van der Waals surface area contributed by atoms with Crippen molar-refractivity contribution in [3.63, 3.8) is 0 Å². The van der Waals surface area contributed by atoms with Crippen LogP contribution < -0.4 is 10.6 Å². The number of hydrogen-bond donors (Lipinski definition) is 2. The van der Waals surface area contributed by atoms with Gasteiger partial charge >= 0.3 is 0 Å². The van der Waals surface area contributed by atoms with Crippen molar-refractivity contribution >= 4 is 5.96 Å². The van der Waals surface area contributed by atoms with Gasteiger partial charge in [0.05, 0.1) is 26.1 Å². The van der Waals surface area contributed by atoms with Crippen molar-refractivity contribution in [2.45, 2.75) is 33.5 Å². The highest BCUT2D eigenvalue weighted by Gasteiger charge is 2.05. The monoisotopic (exact) mass is 419 g/mol. The molecule has 6 nitrogen and oxygen atoms in total. The predicted octanol–water partition coefficient (Wildman–Crippen LogP) is 3.84. The molecule has 0 spiro atoms. The minimum Gasteiger partial charge on any atom is -0.376 e. The van der Waals surface area contributed by atoms with E-state index in [2.05, 4.69) is 70.4 Å². The Morgan fingerprint density at radius 3 is 2.65 bits per heavy atom. The van der Waals surface area contributed by atoms with E-state index in [1.54, 1.807) is 6.20 Å². The Hall–Kier alpha value is -3.12. The molecule has 0 radical (unpaired) electrons. The van der Waals surface area contributed by atoms with Gasteiger partial charge in [0.15, 0.2) is 5.96 Å². The maximum Gasteiger partial charge on any atom is 0.191 e. The maximum atomic E-state index is 5.85. The number of imidazole rings is 1. The minimum atomic E-state index is 0.381. The van der Waals surface area contributed by atoms with E-state index < -0.39 is 0 Å². The van der Waals surface area contributed by atoms with Crippen LogP contribution in [-0.2, 0) is 24.4 Å². The number of guanidine groups is 1. The third kappa shape index (κ3) is 8.26. The van der Waals surface area contributed by atoms with Gasteiger partial charge in [-0.25, -0.2) is 9.98 Å². The van der Waals surface area contributed by atoms with Crippen molar-refractivity contribution in [3.05, 3.63) is 90.0 Å². The van der Waals surface area contributed by atoms with Crippen LogP contribution in [0.15, 0.2) is 78.3 Å². The first-order valence-corrected chi connectivity index (χ1v) is 10.9. The molecule has 0 fully saturated rings. The number of benzene rings is 2. The van der Waals surface area contributed by atoms with Crippen LogP contribution in [0.2, 0.25) is 0 Å². The molecule has 0 aliphatic carbocycles. The Bertz CT molecular complexity index is 909. The van der Waals surface area contributed by atoms with Gasteiger partial charge in [-0.2, -0.15) is 0 Å². The molecular formula is C25H33N5O. The Balaban J connectivity index is 1.46. The molecule has 0 amide bonds. The lowest BCUT2D eigenvalue weighted by Crippen LogP contribution is -2.40. The molecule has 0 bridgehead atoms. The number of rotatable bonds is 11. The summed E-state index contributed by atoms with van der Waals surface area (Å²) in [5.41, 5.74) is 3.63. The Labute approximate surface area is 185 Å². The van der Waals surface area contributed by atoms with E-state index >= 15 is 0 Å². The van der Waals surface area contributed by atoms with E-state index in [0.717, 1.165) is 25.6 Å². The molecule has 2 N–H and O–H groups in total. The highest BCUT2D eigenvalue weighted by Crippen LogP contribution is 2.09. The zero-order valence-electron chi connectivity index (χ0n) is 18.5. The van der Waals surface area contributed by atoms with Gasteiger partial charge in [0, 0.05) is 32.0 Å². The lowest BCUT2D eigenvalue weighted by molar-refractivity contribution is 0.0931. The molecule has 31 heavy (non-hydrogen) atoms. The minimum absolute atomic E-state index is 0.381. The molecule has 0 aliphatic heterocycles. The van der Waals surface area contributed by atoms with Crippen LogP contribution in [0.3, 0.4) is 0 Å². The molecule has 0 saturated heterocycles. The van der Waals surface area contributed by atoms with E-state index in [9.17, 15) is 0 Å².